The lowest BCUT2D eigenvalue weighted by Gasteiger charge is -2.33. The van der Waals surface area contributed by atoms with Crippen LogP contribution in [0.4, 0.5) is 0 Å². The van der Waals surface area contributed by atoms with Gasteiger partial charge in [-0.1, -0.05) is 46.1 Å². The van der Waals surface area contributed by atoms with E-state index >= 15 is 0 Å². The molecule has 0 spiro atoms. The van der Waals surface area contributed by atoms with Crippen molar-refractivity contribution < 1.29 is 9.90 Å². The largest absolute Gasteiger partial charge is 0.381 e. The van der Waals surface area contributed by atoms with Gasteiger partial charge in [-0.05, 0) is 56.9 Å². The molecule has 0 bridgehead atoms. The van der Waals surface area contributed by atoms with Gasteiger partial charge in [-0.2, -0.15) is 0 Å². The first kappa shape index (κ1) is 18.4. The highest BCUT2D eigenvalue weighted by Crippen LogP contribution is 2.43. The minimum Gasteiger partial charge on any atom is -0.381 e. The van der Waals surface area contributed by atoms with Crippen LogP contribution in [0.5, 0.6) is 0 Å². The lowest BCUT2D eigenvalue weighted by molar-refractivity contribution is -0.134. The van der Waals surface area contributed by atoms with Crippen molar-refractivity contribution in [2.45, 2.75) is 79.8 Å². The molecule has 0 radical (unpaired) electrons. The maximum Gasteiger partial charge on any atom is 0.190 e. The Labute approximate surface area is 131 Å². The number of rotatable bonds is 7. The molecule has 5 unspecified atom stereocenters. The third-order valence-corrected chi connectivity index (χ3v) is 5.39. The molecule has 21 heavy (non-hydrogen) atoms. The fourth-order valence-electron chi connectivity index (χ4n) is 4.50. The smallest absolute Gasteiger partial charge is 0.190 e. The second-order valence-electron chi connectivity index (χ2n) is 7.71. The number of carbonyl (C=O) groups is 1. The van der Waals surface area contributed by atoms with Crippen LogP contribution in [0.3, 0.4) is 0 Å². The van der Waals surface area contributed by atoms with Crippen LogP contribution < -0.4 is 0 Å². The predicted octanol–water partition coefficient (Wildman–Crippen LogP) is 4.76. The van der Waals surface area contributed by atoms with Gasteiger partial charge < -0.3 is 5.11 Å². The van der Waals surface area contributed by atoms with E-state index in [-0.39, 0.29) is 11.7 Å². The molecule has 0 saturated carbocycles. The van der Waals surface area contributed by atoms with Gasteiger partial charge in [-0.15, -0.1) is 0 Å². The number of hydrogen-bond acceptors (Lipinski definition) is 2. The average Bonchev–Trinajstić information content (AvgIpc) is 2.50. The maximum absolute atomic E-state index is 12.2. The third-order valence-electron chi connectivity index (χ3n) is 5.39. The standard InChI is InChI=1S/C19H34O2/c1-8-9-12(2)10-13(3)11-14(4)17-15(5)16(6)18(20)19(17,7)21/h12-14,17,21H,8-11H2,1-7H3. The molecule has 0 aromatic heterocycles. The fraction of sp³-hybridized carbons (Fsp3) is 0.842. The van der Waals surface area contributed by atoms with E-state index in [1.54, 1.807) is 6.92 Å². The molecular formula is C19H34O2. The molecule has 1 N–H and O–H groups in total. The summed E-state index contributed by atoms with van der Waals surface area (Å²) in [4.78, 5) is 12.2. The zero-order valence-corrected chi connectivity index (χ0v) is 15.0. The van der Waals surface area contributed by atoms with E-state index in [1.165, 1.54) is 19.3 Å². The monoisotopic (exact) mass is 294 g/mol. The van der Waals surface area contributed by atoms with Crippen molar-refractivity contribution >= 4 is 5.78 Å². The maximum atomic E-state index is 12.2. The van der Waals surface area contributed by atoms with Crippen LogP contribution in [0, 0.1) is 23.7 Å². The van der Waals surface area contributed by atoms with E-state index in [4.69, 9.17) is 0 Å². The van der Waals surface area contributed by atoms with Gasteiger partial charge in [0.2, 0.25) is 0 Å². The van der Waals surface area contributed by atoms with E-state index in [0.29, 0.717) is 11.8 Å². The Hall–Kier alpha value is -0.630. The number of carbonyl (C=O) groups excluding carboxylic acids is 1. The van der Waals surface area contributed by atoms with Crippen LogP contribution in [0.2, 0.25) is 0 Å². The van der Waals surface area contributed by atoms with Crippen LogP contribution in [0.15, 0.2) is 11.1 Å². The number of ketones is 1. The Bertz CT molecular complexity index is 406. The molecular weight excluding hydrogens is 260 g/mol. The highest BCUT2D eigenvalue weighted by molar-refractivity contribution is 6.05. The predicted molar refractivity (Wildman–Crippen MR) is 89.1 cm³/mol. The number of aliphatic hydroxyl groups is 1. The first-order chi connectivity index (χ1) is 9.62. The van der Waals surface area contributed by atoms with Gasteiger partial charge in [0.25, 0.3) is 0 Å². The summed E-state index contributed by atoms with van der Waals surface area (Å²) in [5, 5.41) is 10.6. The summed E-state index contributed by atoms with van der Waals surface area (Å²) in [5.74, 6) is 1.64. The molecule has 1 rings (SSSR count). The summed E-state index contributed by atoms with van der Waals surface area (Å²) in [6, 6.07) is 0. The highest BCUT2D eigenvalue weighted by Gasteiger charge is 2.49. The van der Waals surface area contributed by atoms with Crippen molar-refractivity contribution in [3.63, 3.8) is 0 Å². The Kier molecular flexibility index (Phi) is 6.22. The number of hydrogen-bond donors (Lipinski definition) is 1. The highest BCUT2D eigenvalue weighted by atomic mass is 16.3. The molecule has 0 fully saturated rings. The van der Waals surface area contributed by atoms with E-state index in [9.17, 15) is 9.90 Å². The fourth-order valence-corrected chi connectivity index (χ4v) is 4.50. The van der Waals surface area contributed by atoms with Crippen molar-refractivity contribution in [3.8, 4) is 0 Å². The molecule has 122 valence electrons. The van der Waals surface area contributed by atoms with Crippen molar-refractivity contribution in [2.75, 3.05) is 0 Å². The van der Waals surface area contributed by atoms with Gasteiger partial charge in [0, 0.05) is 5.92 Å². The van der Waals surface area contributed by atoms with Gasteiger partial charge in [0.1, 0.15) is 5.60 Å². The topological polar surface area (TPSA) is 37.3 Å². The van der Waals surface area contributed by atoms with E-state index in [2.05, 4.69) is 27.7 Å². The summed E-state index contributed by atoms with van der Waals surface area (Å²) < 4.78 is 0. The second-order valence-corrected chi connectivity index (χ2v) is 7.71. The molecule has 1 aliphatic rings. The zero-order valence-electron chi connectivity index (χ0n) is 15.0. The SMILES string of the molecule is CCCC(C)CC(C)CC(C)C1C(C)=C(C)C(=O)C1(C)O. The lowest BCUT2D eigenvalue weighted by atomic mass is 9.74. The Morgan fingerprint density at radius 2 is 1.71 bits per heavy atom. The van der Waals surface area contributed by atoms with Gasteiger partial charge in [0.15, 0.2) is 5.78 Å². The molecule has 0 amide bonds. The summed E-state index contributed by atoms with van der Waals surface area (Å²) in [6.07, 6.45) is 4.85. The molecule has 1 aliphatic carbocycles. The average molecular weight is 294 g/mol. The summed E-state index contributed by atoms with van der Waals surface area (Å²) in [6.45, 7) is 14.6. The van der Waals surface area contributed by atoms with Gasteiger partial charge in [-0.25, -0.2) is 0 Å². The molecule has 2 heteroatoms. The third kappa shape index (κ3) is 3.97. The Morgan fingerprint density at radius 1 is 1.14 bits per heavy atom. The van der Waals surface area contributed by atoms with Crippen molar-refractivity contribution in [1.82, 2.24) is 0 Å². The van der Waals surface area contributed by atoms with Crippen molar-refractivity contribution in [3.05, 3.63) is 11.1 Å². The molecule has 0 aromatic rings. The van der Waals surface area contributed by atoms with Crippen LogP contribution in [0.1, 0.15) is 74.1 Å². The Balaban J connectivity index is 2.71. The molecule has 0 aromatic carbocycles. The van der Waals surface area contributed by atoms with Gasteiger partial charge >= 0.3 is 0 Å². The quantitative estimate of drug-likeness (QED) is 0.735. The van der Waals surface area contributed by atoms with Crippen LogP contribution in [0.25, 0.3) is 0 Å². The molecule has 0 aliphatic heterocycles. The molecule has 5 atom stereocenters. The van der Waals surface area contributed by atoms with Crippen LogP contribution >= 0.6 is 0 Å². The van der Waals surface area contributed by atoms with Crippen LogP contribution in [-0.4, -0.2) is 16.5 Å². The van der Waals surface area contributed by atoms with E-state index in [1.807, 2.05) is 13.8 Å². The molecule has 0 saturated heterocycles. The number of Topliss-reactive ketones (excluding diaryl/α,β-unsaturated/α-hetero) is 1. The van der Waals surface area contributed by atoms with E-state index in [0.717, 1.165) is 23.5 Å². The summed E-state index contributed by atoms with van der Waals surface area (Å²) in [5.41, 5.74) is 0.651. The first-order valence-corrected chi connectivity index (χ1v) is 8.57. The van der Waals surface area contributed by atoms with Gasteiger partial charge in [-0.3, -0.25) is 4.79 Å². The van der Waals surface area contributed by atoms with E-state index < -0.39 is 5.60 Å². The second kappa shape index (κ2) is 7.09. The first-order valence-electron chi connectivity index (χ1n) is 8.57. The minimum absolute atomic E-state index is 0.0195. The van der Waals surface area contributed by atoms with Crippen LogP contribution in [-0.2, 0) is 4.79 Å². The van der Waals surface area contributed by atoms with Crippen molar-refractivity contribution in [2.24, 2.45) is 23.7 Å². The zero-order chi connectivity index (χ0) is 16.4. The summed E-state index contributed by atoms with van der Waals surface area (Å²) >= 11 is 0. The Morgan fingerprint density at radius 3 is 2.14 bits per heavy atom. The minimum atomic E-state index is -1.21. The molecule has 0 heterocycles. The normalized spacial score (nSPS) is 30.7. The van der Waals surface area contributed by atoms with Crippen molar-refractivity contribution in [1.29, 1.82) is 0 Å². The van der Waals surface area contributed by atoms with Gasteiger partial charge in [0.05, 0.1) is 0 Å². The summed E-state index contributed by atoms with van der Waals surface area (Å²) in [7, 11) is 0. The lowest BCUT2D eigenvalue weighted by Crippen LogP contribution is -2.41. The molecule has 2 nitrogen and oxygen atoms in total.